The van der Waals surface area contributed by atoms with Crippen LogP contribution in [-0.2, 0) is 9.47 Å². The van der Waals surface area contributed by atoms with Crippen LogP contribution in [0.2, 0.25) is 0 Å². The maximum atomic E-state index is 9.47. The molecule has 0 amide bonds. The molecule has 0 bridgehead atoms. The largest absolute Gasteiger partial charge is 0.394 e. The van der Waals surface area contributed by atoms with Gasteiger partial charge in [0.15, 0.2) is 0 Å². The zero-order valence-electron chi connectivity index (χ0n) is 8.37. The van der Waals surface area contributed by atoms with E-state index in [1.54, 1.807) is 0 Å². The Bertz CT molecular complexity index is 240. The lowest BCUT2D eigenvalue weighted by atomic mass is 10.0. The van der Waals surface area contributed by atoms with Crippen LogP contribution >= 0.6 is 0 Å². The van der Waals surface area contributed by atoms with Crippen molar-refractivity contribution in [1.82, 2.24) is 4.90 Å². The third-order valence-electron chi connectivity index (χ3n) is 3.94. The second kappa shape index (κ2) is 2.92. The summed E-state index contributed by atoms with van der Waals surface area (Å²) in [5.41, 5.74) is -0.330. The number of hydrogen-bond donors (Lipinski definition) is 1. The molecule has 3 aliphatic rings. The van der Waals surface area contributed by atoms with Gasteiger partial charge in [-0.1, -0.05) is 0 Å². The molecule has 1 atom stereocenters. The fourth-order valence-corrected chi connectivity index (χ4v) is 3.08. The van der Waals surface area contributed by atoms with E-state index in [1.165, 1.54) is 12.8 Å². The predicted molar refractivity (Wildman–Crippen MR) is 49.6 cm³/mol. The number of aliphatic hydroxyl groups excluding tert-OH is 1. The minimum Gasteiger partial charge on any atom is -0.394 e. The van der Waals surface area contributed by atoms with Crippen LogP contribution in [0.1, 0.15) is 25.7 Å². The van der Waals surface area contributed by atoms with Crippen molar-refractivity contribution in [3.63, 3.8) is 0 Å². The van der Waals surface area contributed by atoms with Crippen LogP contribution in [0, 0.1) is 0 Å². The topological polar surface area (TPSA) is 41.9 Å². The van der Waals surface area contributed by atoms with E-state index in [9.17, 15) is 5.11 Å². The van der Waals surface area contributed by atoms with Crippen LogP contribution in [0.4, 0.5) is 0 Å². The van der Waals surface area contributed by atoms with Gasteiger partial charge in [-0.15, -0.1) is 0 Å². The van der Waals surface area contributed by atoms with E-state index in [-0.39, 0.29) is 17.9 Å². The minimum absolute atomic E-state index is 0.0980. The molecule has 2 heterocycles. The van der Waals surface area contributed by atoms with Crippen LogP contribution in [0.25, 0.3) is 0 Å². The van der Waals surface area contributed by atoms with Crippen molar-refractivity contribution in [1.29, 1.82) is 0 Å². The van der Waals surface area contributed by atoms with Crippen LogP contribution < -0.4 is 0 Å². The maximum absolute atomic E-state index is 9.47. The molecule has 2 saturated heterocycles. The number of fused-ring (bicyclic) bond motifs is 2. The van der Waals surface area contributed by atoms with Gasteiger partial charge in [0, 0.05) is 0 Å². The molecule has 1 saturated carbocycles. The van der Waals surface area contributed by atoms with Crippen molar-refractivity contribution >= 4 is 0 Å². The average Bonchev–Trinajstić information content (AvgIpc) is 2.88. The summed E-state index contributed by atoms with van der Waals surface area (Å²) in [7, 11) is 0. The van der Waals surface area contributed by atoms with Gasteiger partial charge in [-0.2, -0.15) is 0 Å². The zero-order valence-corrected chi connectivity index (χ0v) is 8.37. The highest BCUT2D eigenvalue weighted by Gasteiger charge is 2.59. The summed E-state index contributed by atoms with van der Waals surface area (Å²) in [6, 6.07) is 0. The molecular weight excluding hydrogens is 182 g/mol. The molecule has 1 spiro atoms. The summed E-state index contributed by atoms with van der Waals surface area (Å²) in [5, 5.41) is 9.47. The highest BCUT2D eigenvalue weighted by atomic mass is 16.6. The first-order chi connectivity index (χ1) is 6.81. The monoisotopic (exact) mass is 199 g/mol. The Balaban J connectivity index is 1.91. The van der Waals surface area contributed by atoms with E-state index in [2.05, 4.69) is 4.90 Å². The molecule has 1 aliphatic carbocycles. The van der Waals surface area contributed by atoms with Gasteiger partial charge >= 0.3 is 0 Å². The van der Waals surface area contributed by atoms with Gasteiger partial charge in [0.1, 0.15) is 12.5 Å². The second-order valence-electron chi connectivity index (χ2n) is 4.73. The molecule has 0 aromatic rings. The number of hydrogen-bond acceptors (Lipinski definition) is 4. The fourth-order valence-electron chi connectivity index (χ4n) is 3.08. The molecule has 14 heavy (non-hydrogen) atoms. The summed E-state index contributed by atoms with van der Waals surface area (Å²) >= 11 is 0. The van der Waals surface area contributed by atoms with E-state index in [1.807, 2.05) is 0 Å². The SMILES string of the molecule is OCC12COCN1C1(CCCC1)OC2. The van der Waals surface area contributed by atoms with Crippen molar-refractivity contribution in [2.45, 2.75) is 36.9 Å². The number of nitrogens with zero attached hydrogens (tertiary/aromatic N) is 1. The van der Waals surface area contributed by atoms with Crippen molar-refractivity contribution in [3.05, 3.63) is 0 Å². The van der Waals surface area contributed by atoms with Crippen molar-refractivity contribution < 1.29 is 14.6 Å². The number of aliphatic hydroxyl groups is 1. The lowest BCUT2D eigenvalue weighted by molar-refractivity contribution is -0.0994. The summed E-state index contributed by atoms with van der Waals surface area (Å²) in [6.07, 6.45) is 4.66. The molecule has 2 aliphatic heterocycles. The average molecular weight is 199 g/mol. The molecular formula is C10H17NO3. The van der Waals surface area contributed by atoms with Gasteiger partial charge in [0.05, 0.1) is 25.4 Å². The van der Waals surface area contributed by atoms with Crippen LogP contribution in [-0.4, -0.2) is 47.8 Å². The molecule has 80 valence electrons. The van der Waals surface area contributed by atoms with Gasteiger partial charge in [-0.3, -0.25) is 0 Å². The second-order valence-corrected chi connectivity index (χ2v) is 4.73. The quantitative estimate of drug-likeness (QED) is 0.660. The summed E-state index contributed by atoms with van der Waals surface area (Å²) < 4.78 is 11.4. The minimum atomic E-state index is -0.232. The lowest BCUT2D eigenvalue weighted by Gasteiger charge is -2.35. The first-order valence-electron chi connectivity index (χ1n) is 5.42. The van der Waals surface area contributed by atoms with Crippen molar-refractivity contribution in [2.75, 3.05) is 26.6 Å². The molecule has 0 aromatic heterocycles. The first-order valence-corrected chi connectivity index (χ1v) is 5.42. The Morgan fingerprint density at radius 1 is 1.21 bits per heavy atom. The maximum Gasteiger partial charge on any atom is 0.124 e. The van der Waals surface area contributed by atoms with Gasteiger partial charge < -0.3 is 14.6 Å². The highest BCUT2D eigenvalue weighted by molar-refractivity contribution is 5.06. The Morgan fingerprint density at radius 2 is 2.00 bits per heavy atom. The van der Waals surface area contributed by atoms with Crippen LogP contribution in [0.15, 0.2) is 0 Å². The molecule has 0 aromatic carbocycles. The third kappa shape index (κ3) is 0.972. The summed E-state index contributed by atoms with van der Waals surface area (Å²) in [4.78, 5) is 2.26. The molecule has 1 unspecified atom stereocenters. The molecule has 4 heteroatoms. The standard InChI is InChI=1S/C10H17NO3/c12-5-9-6-13-8-11(9)10(14-7-9)3-1-2-4-10/h12H,1-8H2. The Hall–Kier alpha value is -0.160. The van der Waals surface area contributed by atoms with E-state index in [0.29, 0.717) is 19.9 Å². The molecule has 3 fully saturated rings. The number of ether oxygens (including phenoxy) is 2. The molecule has 0 radical (unpaired) electrons. The molecule has 1 N–H and O–H groups in total. The Kier molecular flexibility index (Phi) is 1.89. The lowest BCUT2D eigenvalue weighted by Crippen LogP contribution is -2.53. The smallest absolute Gasteiger partial charge is 0.124 e. The van der Waals surface area contributed by atoms with Gasteiger partial charge in [0.25, 0.3) is 0 Å². The third-order valence-corrected chi connectivity index (χ3v) is 3.94. The Morgan fingerprint density at radius 3 is 2.71 bits per heavy atom. The zero-order chi connectivity index (χ0) is 9.65. The molecule has 4 nitrogen and oxygen atoms in total. The van der Waals surface area contributed by atoms with E-state index < -0.39 is 0 Å². The van der Waals surface area contributed by atoms with Crippen LogP contribution in [0.3, 0.4) is 0 Å². The van der Waals surface area contributed by atoms with Gasteiger partial charge in [0.2, 0.25) is 0 Å². The van der Waals surface area contributed by atoms with E-state index >= 15 is 0 Å². The van der Waals surface area contributed by atoms with E-state index in [4.69, 9.17) is 9.47 Å². The predicted octanol–water partition coefficient (Wildman–Crippen LogP) is 0.308. The van der Waals surface area contributed by atoms with Gasteiger partial charge in [-0.05, 0) is 25.7 Å². The highest BCUT2D eigenvalue weighted by Crippen LogP contribution is 2.47. The number of rotatable bonds is 1. The summed E-state index contributed by atoms with van der Waals surface area (Å²) in [5.74, 6) is 0. The Labute approximate surface area is 83.8 Å². The normalized spacial score (nSPS) is 40.9. The van der Waals surface area contributed by atoms with E-state index in [0.717, 1.165) is 12.8 Å². The first kappa shape index (κ1) is 9.09. The summed E-state index contributed by atoms with van der Waals surface area (Å²) in [6.45, 7) is 2.02. The van der Waals surface area contributed by atoms with Gasteiger partial charge in [-0.25, -0.2) is 4.90 Å². The van der Waals surface area contributed by atoms with Crippen molar-refractivity contribution in [3.8, 4) is 0 Å². The van der Waals surface area contributed by atoms with Crippen LogP contribution in [0.5, 0.6) is 0 Å². The van der Waals surface area contributed by atoms with Crippen molar-refractivity contribution in [2.24, 2.45) is 0 Å². The molecule has 3 rings (SSSR count). The fraction of sp³-hybridized carbons (Fsp3) is 1.00.